The van der Waals surface area contributed by atoms with Crippen molar-refractivity contribution in [3.63, 3.8) is 0 Å². The van der Waals surface area contributed by atoms with Crippen molar-refractivity contribution >= 4 is 28.5 Å². The predicted molar refractivity (Wildman–Crippen MR) is 125 cm³/mol. The van der Waals surface area contributed by atoms with E-state index in [0.717, 1.165) is 5.75 Å². The molecule has 4 rings (SSSR count). The first-order chi connectivity index (χ1) is 15.9. The van der Waals surface area contributed by atoms with Gasteiger partial charge in [0.15, 0.2) is 5.69 Å². The number of nitrogen functional groups attached to an aromatic ring is 1. The third-order valence-corrected chi connectivity index (χ3v) is 5.76. The number of amides is 2. The third-order valence-electron chi connectivity index (χ3n) is 5.76. The number of ether oxygens (including phenoxy) is 1. The van der Waals surface area contributed by atoms with Crippen LogP contribution in [0.25, 0.3) is 11.0 Å². The van der Waals surface area contributed by atoms with Gasteiger partial charge in [0.25, 0.3) is 11.5 Å². The van der Waals surface area contributed by atoms with Crippen molar-refractivity contribution < 1.29 is 14.3 Å². The van der Waals surface area contributed by atoms with Gasteiger partial charge in [-0.25, -0.2) is 4.98 Å². The Morgan fingerprint density at radius 1 is 1.18 bits per heavy atom. The summed E-state index contributed by atoms with van der Waals surface area (Å²) in [6.45, 7) is 2.87. The highest BCUT2D eigenvalue weighted by Gasteiger charge is 2.30. The molecule has 0 spiro atoms. The Labute approximate surface area is 191 Å². The number of nitrogens with two attached hydrogens (primary N) is 1. The summed E-state index contributed by atoms with van der Waals surface area (Å²) in [4.78, 5) is 46.7. The van der Waals surface area contributed by atoms with Gasteiger partial charge in [0.1, 0.15) is 17.9 Å². The molecular formula is C24H27N5O4. The van der Waals surface area contributed by atoms with E-state index in [2.05, 4.69) is 15.3 Å². The number of carbonyl (C=O) groups is 2. The van der Waals surface area contributed by atoms with Crippen LogP contribution >= 0.6 is 0 Å². The van der Waals surface area contributed by atoms with E-state index in [4.69, 9.17) is 10.5 Å². The fraction of sp³-hybridized carbons (Fsp3) is 0.333. The highest BCUT2D eigenvalue weighted by molar-refractivity contribution is 5.97. The van der Waals surface area contributed by atoms with Gasteiger partial charge < -0.3 is 25.7 Å². The highest BCUT2D eigenvalue weighted by Crippen LogP contribution is 2.21. The van der Waals surface area contributed by atoms with Crippen LogP contribution < -0.4 is 21.3 Å². The predicted octanol–water partition coefficient (Wildman–Crippen LogP) is 2.08. The number of H-pyrrole nitrogens is 1. The number of piperidine rings is 1. The number of nitrogens with one attached hydrogen (secondary N) is 2. The van der Waals surface area contributed by atoms with Gasteiger partial charge in [-0.1, -0.05) is 19.1 Å². The molecule has 2 aromatic carbocycles. The lowest BCUT2D eigenvalue weighted by molar-refractivity contribution is -0.135. The Balaban J connectivity index is 1.36. The van der Waals surface area contributed by atoms with Crippen molar-refractivity contribution in [3.8, 4) is 5.75 Å². The van der Waals surface area contributed by atoms with Crippen LogP contribution in [-0.2, 0) is 4.79 Å². The van der Waals surface area contributed by atoms with Crippen LogP contribution in [0.3, 0.4) is 0 Å². The Hall–Kier alpha value is -3.88. The van der Waals surface area contributed by atoms with Crippen LogP contribution in [0.4, 0.5) is 5.69 Å². The summed E-state index contributed by atoms with van der Waals surface area (Å²) in [6, 6.07) is 13.5. The average molecular weight is 450 g/mol. The highest BCUT2D eigenvalue weighted by atomic mass is 16.5. The average Bonchev–Trinajstić information content (AvgIpc) is 2.83. The summed E-state index contributed by atoms with van der Waals surface area (Å²) < 4.78 is 5.99. The molecule has 2 amide bonds. The van der Waals surface area contributed by atoms with Crippen molar-refractivity contribution in [3.05, 3.63) is 64.6 Å². The SMILES string of the molecule is CC[C@H](NC(=O)c1nc2ccccc2[nH]c1=O)C(=O)N1CCC(Oc2ccc(N)cc2)CC1. The van der Waals surface area contributed by atoms with E-state index in [1.165, 1.54) is 0 Å². The lowest BCUT2D eigenvalue weighted by atomic mass is 10.1. The molecule has 1 saturated heterocycles. The van der Waals surface area contributed by atoms with Crippen LogP contribution in [0, 0.1) is 0 Å². The van der Waals surface area contributed by atoms with Crippen LogP contribution in [0.1, 0.15) is 36.7 Å². The number of aromatic nitrogens is 2. The summed E-state index contributed by atoms with van der Waals surface area (Å²) in [5.74, 6) is -0.0847. The minimum Gasteiger partial charge on any atom is -0.490 e. The summed E-state index contributed by atoms with van der Waals surface area (Å²) >= 11 is 0. The molecule has 1 fully saturated rings. The van der Waals surface area contributed by atoms with Gasteiger partial charge in [0.05, 0.1) is 11.0 Å². The number of hydrogen-bond acceptors (Lipinski definition) is 6. The number of benzene rings is 2. The smallest absolute Gasteiger partial charge is 0.280 e. The van der Waals surface area contributed by atoms with E-state index in [1.807, 2.05) is 19.1 Å². The zero-order valence-corrected chi connectivity index (χ0v) is 18.4. The second-order valence-corrected chi connectivity index (χ2v) is 8.08. The lowest BCUT2D eigenvalue weighted by Gasteiger charge is -2.34. The summed E-state index contributed by atoms with van der Waals surface area (Å²) in [6.07, 6.45) is 1.78. The molecule has 0 saturated carbocycles. The largest absolute Gasteiger partial charge is 0.490 e. The molecule has 0 aliphatic carbocycles. The maximum Gasteiger partial charge on any atom is 0.280 e. The van der Waals surface area contributed by atoms with E-state index in [9.17, 15) is 14.4 Å². The molecule has 9 nitrogen and oxygen atoms in total. The van der Waals surface area contributed by atoms with Gasteiger partial charge in [0.2, 0.25) is 5.91 Å². The molecule has 2 heterocycles. The van der Waals surface area contributed by atoms with Crippen molar-refractivity contribution in [1.82, 2.24) is 20.2 Å². The lowest BCUT2D eigenvalue weighted by Crippen LogP contribution is -2.52. The molecule has 1 aliphatic heterocycles. The first-order valence-corrected chi connectivity index (χ1v) is 11.1. The molecule has 0 radical (unpaired) electrons. The molecular weight excluding hydrogens is 422 g/mol. The zero-order valence-electron chi connectivity index (χ0n) is 18.4. The van der Waals surface area contributed by atoms with Crippen LogP contribution in [-0.4, -0.2) is 51.9 Å². The molecule has 9 heteroatoms. The van der Waals surface area contributed by atoms with Gasteiger partial charge in [0, 0.05) is 31.6 Å². The minimum absolute atomic E-state index is 0.00713. The van der Waals surface area contributed by atoms with E-state index in [-0.39, 0.29) is 17.7 Å². The van der Waals surface area contributed by atoms with E-state index in [0.29, 0.717) is 49.1 Å². The summed E-state index contributed by atoms with van der Waals surface area (Å²) in [5.41, 5.74) is 6.59. The summed E-state index contributed by atoms with van der Waals surface area (Å²) in [7, 11) is 0. The van der Waals surface area contributed by atoms with Crippen LogP contribution in [0.5, 0.6) is 5.75 Å². The Bertz CT molecular complexity index is 1200. The molecule has 1 aliphatic rings. The number of carbonyl (C=O) groups excluding carboxylic acids is 2. The third kappa shape index (κ3) is 5.14. The fourth-order valence-corrected chi connectivity index (χ4v) is 3.90. The molecule has 1 aromatic heterocycles. The minimum atomic E-state index is -0.736. The first kappa shape index (κ1) is 22.3. The van der Waals surface area contributed by atoms with Gasteiger partial charge in [-0.3, -0.25) is 14.4 Å². The van der Waals surface area contributed by atoms with E-state index >= 15 is 0 Å². The molecule has 3 aromatic rings. The molecule has 4 N–H and O–H groups in total. The normalized spacial score (nSPS) is 15.2. The van der Waals surface area contributed by atoms with Crippen LogP contribution in [0.15, 0.2) is 53.3 Å². The number of nitrogens with zero attached hydrogens (tertiary/aromatic N) is 2. The molecule has 0 bridgehead atoms. The number of likely N-dealkylation sites (tertiary alicyclic amines) is 1. The van der Waals surface area contributed by atoms with Crippen LogP contribution in [0.2, 0.25) is 0 Å². The van der Waals surface area contributed by atoms with Crippen molar-refractivity contribution in [1.29, 1.82) is 0 Å². The Morgan fingerprint density at radius 2 is 1.88 bits per heavy atom. The van der Waals surface area contributed by atoms with Crippen molar-refractivity contribution in [2.24, 2.45) is 0 Å². The number of fused-ring (bicyclic) bond motifs is 1. The number of anilines is 1. The number of aromatic amines is 1. The molecule has 33 heavy (non-hydrogen) atoms. The fourth-order valence-electron chi connectivity index (χ4n) is 3.90. The molecule has 0 unspecified atom stereocenters. The zero-order chi connectivity index (χ0) is 23.4. The number of para-hydroxylation sites is 2. The van der Waals surface area contributed by atoms with Gasteiger partial charge >= 0.3 is 0 Å². The van der Waals surface area contributed by atoms with Gasteiger partial charge in [-0.2, -0.15) is 0 Å². The topological polar surface area (TPSA) is 130 Å². The van der Waals surface area contributed by atoms with Crippen molar-refractivity contribution in [2.45, 2.75) is 38.3 Å². The molecule has 172 valence electrons. The second-order valence-electron chi connectivity index (χ2n) is 8.08. The summed E-state index contributed by atoms with van der Waals surface area (Å²) in [5, 5.41) is 2.69. The Morgan fingerprint density at radius 3 is 2.58 bits per heavy atom. The second kappa shape index (κ2) is 9.72. The van der Waals surface area contributed by atoms with E-state index in [1.54, 1.807) is 41.3 Å². The Kier molecular flexibility index (Phi) is 6.58. The quantitative estimate of drug-likeness (QED) is 0.494. The van der Waals surface area contributed by atoms with E-state index < -0.39 is 17.5 Å². The first-order valence-electron chi connectivity index (χ1n) is 11.1. The maximum atomic E-state index is 13.0. The number of rotatable bonds is 6. The monoisotopic (exact) mass is 449 g/mol. The maximum absolute atomic E-state index is 13.0. The number of hydrogen-bond donors (Lipinski definition) is 3. The van der Waals surface area contributed by atoms with Gasteiger partial charge in [-0.05, 0) is 42.8 Å². The van der Waals surface area contributed by atoms with Gasteiger partial charge in [-0.15, -0.1) is 0 Å². The molecule has 1 atom stereocenters. The van der Waals surface area contributed by atoms with Crippen molar-refractivity contribution in [2.75, 3.05) is 18.8 Å². The standard InChI is InChI=1S/C24H27N5O4/c1-2-18(27-22(30)21-23(31)28-20-6-4-3-5-19(20)26-21)24(32)29-13-11-17(12-14-29)33-16-9-7-15(25)8-10-16/h3-10,17-18H,2,11-14,25H2,1H3,(H,27,30)(H,28,31)/t18-/m0/s1.